The minimum atomic E-state index is 0. The van der Waals surface area contributed by atoms with Crippen LogP contribution in [0, 0.1) is 0 Å². The second-order valence-electron chi connectivity index (χ2n) is 3.67. The SMILES string of the molecule is CC1(c2cccc(Br)c2)CNC1.Cl. The van der Waals surface area contributed by atoms with E-state index in [1.807, 2.05) is 0 Å². The standard InChI is InChI=1S/C10H12BrN.ClH/c1-10(6-12-7-10)8-3-2-4-9(11)5-8;/h2-5,12H,6-7H2,1H3;1H. The van der Waals surface area contributed by atoms with E-state index in [0.717, 1.165) is 13.1 Å². The van der Waals surface area contributed by atoms with E-state index in [0.29, 0.717) is 5.41 Å². The molecule has 1 aromatic carbocycles. The van der Waals surface area contributed by atoms with Crippen LogP contribution in [0.4, 0.5) is 0 Å². The van der Waals surface area contributed by atoms with E-state index >= 15 is 0 Å². The molecule has 1 heterocycles. The first kappa shape index (κ1) is 11.0. The summed E-state index contributed by atoms with van der Waals surface area (Å²) in [6, 6.07) is 8.58. The summed E-state index contributed by atoms with van der Waals surface area (Å²) in [4.78, 5) is 0. The summed E-state index contributed by atoms with van der Waals surface area (Å²) in [6.45, 7) is 4.50. The fourth-order valence-corrected chi connectivity index (χ4v) is 1.97. The summed E-state index contributed by atoms with van der Waals surface area (Å²) in [6.07, 6.45) is 0. The first-order valence-corrected chi connectivity index (χ1v) is 4.97. The Kier molecular flexibility index (Phi) is 3.38. The molecule has 1 fully saturated rings. The van der Waals surface area contributed by atoms with Gasteiger partial charge in [0.2, 0.25) is 0 Å². The average Bonchev–Trinajstić information content (AvgIpc) is 2.00. The van der Waals surface area contributed by atoms with Gasteiger partial charge in [-0.2, -0.15) is 0 Å². The molecule has 1 saturated heterocycles. The van der Waals surface area contributed by atoms with Gasteiger partial charge in [-0.05, 0) is 17.7 Å². The zero-order valence-corrected chi connectivity index (χ0v) is 9.91. The second-order valence-corrected chi connectivity index (χ2v) is 4.59. The first-order valence-electron chi connectivity index (χ1n) is 4.17. The summed E-state index contributed by atoms with van der Waals surface area (Å²) in [5.74, 6) is 0. The number of benzene rings is 1. The molecule has 72 valence electrons. The fraction of sp³-hybridized carbons (Fsp3) is 0.400. The van der Waals surface area contributed by atoms with Gasteiger partial charge in [0.15, 0.2) is 0 Å². The van der Waals surface area contributed by atoms with Crippen LogP contribution in [0.15, 0.2) is 28.7 Å². The molecule has 0 radical (unpaired) electrons. The van der Waals surface area contributed by atoms with Crippen molar-refractivity contribution >= 4 is 28.3 Å². The largest absolute Gasteiger partial charge is 0.315 e. The van der Waals surface area contributed by atoms with Crippen LogP contribution in [0.3, 0.4) is 0 Å². The molecular weight excluding hydrogens is 249 g/mol. The molecule has 1 N–H and O–H groups in total. The summed E-state index contributed by atoms with van der Waals surface area (Å²) in [7, 11) is 0. The normalized spacial score (nSPS) is 18.6. The minimum Gasteiger partial charge on any atom is -0.315 e. The molecule has 0 aliphatic carbocycles. The van der Waals surface area contributed by atoms with E-state index in [1.165, 1.54) is 10.0 Å². The molecule has 1 aliphatic heterocycles. The van der Waals surface area contributed by atoms with Crippen LogP contribution < -0.4 is 5.32 Å². The lowest BCUT2D eigenvalue weighted by Crippen LogP contribution is -2.54. The predicted octanol–water partition coefficient (Wildman–Crippen LogP) is 2.73. The Bertz CT molecular complexity index is 297. The lowest BCUT2D eigenvalue weighted by atomic mass is 9.77. The minimum absolute atomic E-state index is 0. The maximum Gasteiger partial charge on any atom is 0.0178 e. The van der Waals surface area contributed by atoms with Gasteiger partial charge in [-0.1, -0.05) is 35.0 Å². The molecule has 0 spiro atoms. The molecule has 1 aliphatic rings. The van der Waals surface area contributed by atoms with Crippen molar-refractivity contribution in [1.29, 1.82) is 0 Å². The molecule has 13 heavy (non-hydrogen) atoms. The molecular formula is C10H13BrClN. The van der Waals surface area contributed by atoms with Crippen molar-refractivity contribution in [2.45, 2.75) is 12.3 Å². The lowest BCUT2D eigenvalue weighted by Gasteiger charge is -2.40. The summed E-state index contributed by atoms with van der Waals surface area (Å²) >= 11 is 3.49. The van der Waals surface area contributed by atoms with Crippen LogP contribution >= 0.6 is 28.3 Å². The molecule has 0 atom stereocenters. The monoisotopic (exact) mass is 261 g/mol. The van der Waals surface area contributed by atoms with Crippen molar-refractivity contribution < 1.29 is 0 Å². The van der Waals surface area contributed by atoms with Gasteiger partial charge in [0.1, 0.15) is 0 Å². The van der Waals surface area contributed by atoms with Gasteiger partial charge in [-0.15, -0.1) is 12.4 Å². The molecule has 1 nitrogen and oxygen atoms in total. The summed E-state index contributed by atoms with van der Waals surface area (Å²) in [5, 5.41) is 3.30. The lowest BCUT2D eigenvalue weighted by molar-refractivity contribution is 0.305. The third-order valence-corrected chi connectivity index (χ3v) is 3.05. The Morgan fingerprint density at radius 1 is 1.38 bits per heavy atom. The molecule has 0 amide bonds. The van der Waals surface area contributed by atoms with Gasteiger partial charge in [0.25, 0.3) is 0 Å². The van der Waals surface area contributed by atoms with Gasteiger partial charge in [-0.3, -0.25) is 0 Å². The number of hydrogen-bond acceptors (Lipinski definition) is 1. The Morgan fingerprint density at radius 2 is 2.08 bits per heavy atom. The molecule has 0 aromatic heterocycles. The van der Waals surface area contributed by atoms with Crippen molar-refractivity contribution in [3.05, 3.63) is 34.3 Å². The summed E-state index contributed by atoms with van der Waals surface area (Å²) < 4.78 is 1.17. The van der Waals surface area contributed by atoms with Crippen LogP contribution in [0.1, 0.15) is 12.5 Å². The van der Waals surface area contributed by atoms with Crippen molar-refractivity contribution in [1.82, 2.24) is 5.32 Å². The third kappa shape index (κ3) is 2.06. The van der Waals surface area contributed by atoms with E-state index in [-0.39, 0.29) is 12.4 Å². The highest BCUT2D eigenvalue weighted by molar-refractivity contribution is 9.10. The Labute approximate surface area is 93.5 Å². The summed E-state index contributed by atoms with van der Waals surface area (Å²) in [5.41, 5.74) is 1.79. The van der Waals surface area contributed by atoms with Gasteiger partial charge in [0.05, 0.1) is 0 Å². The third-order valence-electron chi connectivity index (χ3n) is 2.55. The van der Waals surface area contributed by atoms with E-state index in [1.54, 1.807) is 0 Å². The van der Waals surface area contributed by atoms with Crippen LogP contribution in [-0.2, 0) is 5.41 Å². The van der Waals surface area contributed by atoms with Gasteiger partial charge < -0.3 is 5.32 Å². The van der Waals surface area contributed by atoms with Crippen LogP contribution in [0.2, 0.25) is 0 Å². The molecule has 2 rings (SSSR count). The first-order chi connectivity index (χ1) is 5.71. The maximum absolute atomic E-state index is 3.49. The van der Waals surface area contributed by atoms with Crippen molar-refractivity contribution in [2.24, 2.45) is 0 Å². The molecule has 1 aromatic rings. The number of halogens is 2. The van der Waals surface area contributed by atoms with Crippen molar-refractivity contribution in [3.63, 3.8) is 0 Å². The second kappa shape index (κ2) is 3.99. The Morgan fingerprint density at radius 3 is 2.54 bits per heavy atom. The van der Waals surface area contributed by atoms with Gasteiger partial charge in [-0.25, -0.2) is 0 Å². The van der Waals surface area contributed by atoms with Gasteiger partial charge in [0, 0.05) is 23.0 Å². The topological polar surface area (TPSA) is 12.0 Å². The molecule has 0 saturated carbocycles. The molecule has 0 bridgehead atoms. The highest BCUT2D eigenvalue weighted by Crippen LogP contribution is 2.29. The number of rotatable bonds is 1. The van der Waals surface area contributed by atoms with Crippen LogP contribution in [0.25, 0.3) is 0 Å². The van der Waals surface area contributed by atoms with Crippen LogP contribution in [-0.4, -0.2) is 13.1 Å². The Balaban J connectivity index is 0.000000845. The zero-order valence-electron chi connectivity index (χ0n) is 7.51. The predicted molar refractivity (Wildman–Crippen MR) is 61.6 cm³/mol. The number of nitrogens with one attached hydrogen (secondary N) is 1. The van der Waals surface area contributed by atoms with Crippen molar-refractivity contribution in [2.75, 3.05) is 13.1 Å². The maximum atomic E-state index is 3.49. The van der Waals surface area contributed by atoms with E-state index < -0.39 is 0 Å². The van der Waals surface area contributed by atoms with Crippen LogP contribution in [0.5, 0.6) is 0 Å². The van der Waals surface area contributed by atoms with E-state index in [4.69, 9.17) is 0 Å². The zero-order chi connectivity index (χ0) is 8.60. The molecule has 3 heteroatoms. The smallest absolute Gasteiger partial charge is 0.0178 e. The molecule has 0 unspecified atom stereocenters. The quantitative estimate of drug-likeness (QED) is 0.821. The number of hydrogen-bond donors (Lipinski definition) is 1. The fourth-order valence-electron chi connectivity index (χ4n) is 1.57. The van der Waals surface area contributed by atoms with E-state index in [2.05, 4.69) is 52.4 Å². The highest BCUT2D eigenvalue weighted by Gasteiger charge is 2.33. The van der Waals surface area contributed by atoms with E-state index in [9.17, 15) is 0 Å². The van der Waals surface area contributed by atoms with Gasteiger partial charge >= 0.3 is 0 Å². The van der Waals surface area contributed by atoms with Crippen molar-refractivity contribution in [3.8, 4) is 0 Å². The average molecular weight is 263 g/mol. The Hall–Kier alpha value is -0.0500. The highest BCUT2D eigenvalue weighted by atomic mass is 79.9.